The number of carbonyl (C=O) groups is 1. The minimum absolute atomic E-state index is 0.418. The number of cyclic esters (lactones) is 1. The molecule has 4 heteroatoms. The lowest BCUT2D eigenvalue weighted by molar-refractivity contribution is 0.000381. The van der Waals surface area contributed by atoms with Crippen LogP contribution < -0.4 is 4.74 Å². The predicted molar refractivity (Wildman–Crippen MR) is 71.6 cm³/mol. The Balaban J connectivity index is 2.15. The number of carbonyl (C=O) groups excluding carboxylic acids is 1. The second kappa shape index (κ2) is 4.63. The molecule has 102 valence electrons. The van der Waals surface area contributed by atoms with E-state index in [0.29, 0.717) is 22.4 Å². The third-order valence-electron chi connectivity index (χ3n) is 3.59. The van der Waals surface area contributed by atoms with E-state index in [4.69, 9.17) is 9.47 Å². The molecule has 1 unspecified atom stereocenters. The van der Waals surface area contributed by atoms with Gasteiger partial charge < -0.3 is 9.47 Å². The average molecular weight is 272 g/mol. The second-order valence-corrected chi connectivity index (χ2v) is 4.62. The van der Waals surface area contributed by atoms with Crippen LogP contribution in [-0.2, 0) is 10.3 Å². The zero-order valence-electron chi connectivity index (χ0n) is 10.9. The first-order chi connectivity index (χ1) is 9.71. The molecular weight excluding hydrogens is 259 g/mol. The number of rotatable bonds is 3. The lowest BCUT2D eigenvalue weighted by atomic mass is 9.86. The van der Waals surface area contributed by atoms with Crippen LogP contribution in [0.3, 0.4) is 0 Å². The van der Waals surface area contributed by atoms with Crippen molar-refractivity contribution in [3.05, 3.63) is 65.2 Å². The van der Waals surface area contributed by atoms with Crippen molar-refractivity contribution in [1.82, 2.24) is 0 Å². The van der Waals surface area contributed by atoms with E-state index in [0.717, 1.165) is 0 Å². The summed E-state index contributed by atoms with van der Waals surface area (Å²) in [7, 11) is 1.56. The third-order valence-corrected chi connectivity index (χ3v) is 3.59. The van der Waals surface area contributed by atoms with Gasteiger partial charge in [-0.2, -0.15) is 0 Å². The van der Waals surface area contributed by atoms with Crippen molar-refractivity contribution in [3.8, 4) is 5.75 Å². The number of benzene rings is 2. The highest BCUT2D eigenvalue weighted by molar-refractivity contribution is 5.95. The maximum atomic E-state index is 13.8. The molecule has 0 spiro atoms. The summed E-state index contributed by atoms with van der Waals surface area (Å²) in [6.07, 6.45) is 0. The number of fused-ring (bicyclic) bond motifs is 1. The largest absolute Gasteiger partial charge is 0.497 e. The van der Waals surface area contributed by atoms with Crippen LogP contribution >= 0.6 is 0 Å². The minimum atomic E-state index is -1.35. The van der Waals surface area contributed by atoms with Crippen LogP contribution in [0, 0.1) is 0 Å². The van der Waals surface area contributed by atoms with Gasteiger partial charge in [0.2, 0.25) is 0 Å². The molecule has 2 aromatic rings. The summed E-state index contributed by atoms with van der Waals surface area (Å²) in [5.74, 6) is 0.175. The van der Waals surface area contributed by atoms with Gasteiger partial charge in [0.15, 0.2) is 5.60 Å². The van der Waals surface area contributed by atoms with E-state index in [-0.39, 0.29) is 0 Å². The Morgan fingerprint density at radius 3 is 2.50 bits per heavy atom. The zero-order chi connectivity index (χ0) is 14.2. The second-order valence-electron chi connectivity index (χ2n) is 4.62. The van der Waals surface area contributed by atoms with Gasteiger partial charge in [-0.15, -0.1) is 0 Å². The fourth-order valence-electron chi connectivity index (χ4n) is 2.53. The van der Waals surface area contributed by atoms with Crippen LogP contribution in [-0.4, -0.2) is 19.8 Å². The summed E-state index contributed by atoms with van der Waals surface area (Å²) >= 11 is 0. The highest BCUT2D eigenvalue weighted by Crippen LogP contribution is 2.42. The Morgan fingerprint density at radius 2 is 1.85 bits per heavy atom. The molecule has 0 saturated carbocycles. The summed E-state index contributed by atoms with van der Waals surface area (Å²) < 4.78 is 24.2. The van der Waals surface area contributed by atoms with E-state index in [1.807, 2.05) is 0 Å². The molecule has 0 aromatic heterocycles. The van der Waals surface area contributed by atoms with Crippen LogP contribution in [0.4, 0.5) is 4.39 Å². The van der Waals surface area contributed by atoms with Crippen molar-refractivity contribution < 1.29 is 18.7 Å². The van der Waals surface area contributed by atoms with E-state index in [1.54, 1.807) is 55.6 Å². The molecule has 0 fully saturated rings. The highest BCUT2D eigenvalue weighted by atomic mass is 19.1. The number of hydrogen-bond acceptors (Lipinski definition) is 3. The van der Waals surface area contributed by atoms with Gasteiger partial charge in [-0.3, -0.25) is 0 Å². The summed E-state index contributed by atoms with van der Waals surface area (Å²) in [4.78, 5) is 11.9. The van der Waals surface area contributed by atoms with Crippen molar-refractivity contribution in [2.24, 2.45) is 0 Å². The topological polar surface area (TPSA) is 35.5 Å². The quantitative estimate of drug-likeness (QED) is 0.805. The van der Waals surface area contributed by atoms with Gasteiger partial charge in [-0.25, -0.2) is 9.18 Å². The summed E-state index contributed by atoms with van der Waals surface area (Å²) in [5.41, 5.74) is 0.234. The molecule has 0 bridgehead atoms. The average Bonchev–Trinajstić information content (AvgIpc) is 2.81. The van der Waals surface area contributed by atoms with Crippen molar-refractivity contribution in [2.45, 2.75) is 5.60 Å². The van der Waals surface area contributed by atoms with E-state index in [1.165, 1.54) is 0 Å². The Morgan fingerprint density at radius 1 is 1.15 bits per heavy atom. The Kier molecular flexibility index (Phi) is 2.93. The predicted octanol–water partition coefficient (Wildman–Crippen LogP) is 3.08. The Labute approximate surface area is 115 Å². The Hall–Kier alpha value is -2.36. The SMILES string of the molecule is COc1ccc(C2(CF)OC(=O)c3ccccc32)cc1. The molecule has 3 rings (SSSR count). The summed E-state index contributed by atoms with van der Waals surface area (Å²) in [6.45, 7) is -0.803. The molecule has 0 saturated heterocycles. The third kappa shape index (κ3) is 1.68. The van der Waals surface area contributed by atoms with E-state index >= 15 is 0 Å². The molecule has 0 amide bonds. The first kappa shape index (κ1) is 12.7. The molecule has 3 nitrogen and oxygen atoms in total. The van der Waals surface area contributed by atoms with Crippen LogP contribution in [0.1, 0.15) is 21.5 Å². The standard InChI is InChI=1S/C16H13FO3/c1-19-12-8-6-11(7-9-12)16(10-17)14-5-3-2-4-13(14)15(18)20-16/h2-9H,10H2,1H3. The molecule has 20 heavy (non-hydrogen) atoms. The van der Waals surface area contributed by atoms with Gasteiger partial charge in [0.25, 0.3) is 0 Å². The molecule has 0 aliphatic carbocycles. The monoisotopic (exact) mass is 272 g/mol. The van der Waals surface area contributed by atoms with Crippen LogP contribution in [0.5, 0.6) is 5.75 Å². The first-order valence-corrected chi connectivity index (χ1v) is 6.24. The van der Waals surface area contributed by atoms with E-state index < -0.39 is 18.2 Å². The number of halogens is 1. The van der Waals surface area contributed by atoms with Crippen molar-refractivity contribution in [1.29, 1.82) is 0 Å². The molecule has 1 atom stereocenters. The molecule has 0 radical (unpaired) electrons. The number of esters is 1. The van der Waals surface area contributed by atoms with Gasteiger partial charge in [-0.1, -0.05) is 30.3 Å². The van der Waals surface area contributed by atoms with Gasteiger partial charge in [-0.05, 0) is 18.2 Å². The van der Waals surface area contributed by atoms with Gasteiger partial charge in [0, 0.05) is 11.1 Å². The minimum Gasteiger partial charge on any atom is -0.497 e. The summed E-state index contributed by atoms with van der Waals surface area (Å²) in [5, 5.41) is 0. The van der Waals surface area contributed by atoms with Gasteiger partial charge >= 0.3 is 5.97 Å². The lowest BCUT2D eigenvalue weighted by Crippen LogP contribution is -2.30. The highest BCUT2D eigenvalue weighted by Gasteiger charge is 2.47. The van der Waals surface area contributed by atoms with E-state index in [2.05, 4.69) is 0 Å². The fourth-order valence-corrected chi connectivity index (χ4v) is 2.53. The fraction of sp³-hybridized carbons (Fsp3) is 0.188. The van der Waals surface area contributed by atoms with Crippen molar-refractivity contribution in [3.63, 3.8) is 0 Å². The molecule has 1 aliphatic heterocycles. The maximum absolute atomic E-state index is 13.8. The molecule has 1 heterocycles. The molecular formula is C16H13FO3. The van der Waals surface area contributed by atoms with Crippen LogP contribution in [0.25, 0.3) is 0 Å². The smallest absolute Gasteiger partial charge is 0.339 e. The molecule has 2 aromatic carbocycles. The molecule has 1 aliphatic rings. The molecule has 0 N–H and O–H groups in total. The van der Waals surface area contributed by atoms with Crippen LogP contribution in [0.2, 0.25) is 0 Å². The van der Waals surface area contributed by atoms with Gasteiger partial charge in [0.05, 0.1) is 12.7 Å². The van der Waals surface area contributed by atoms with Crippen molar-refractivity contribution >= 4 is 5.97 Å². The maximum Gasteiger partial charge on any atom is 0.339 e. The lowest BCUT2D eigenvalue weighted by Gasteiger charge is -2.26. The zero-order valence-corrected chi connectivity index (χ0v) is 10.9. The number of ether oxygens (including phenoxy) is 2. The number of hydrogen-bond donors (Lipinski definition) is 0. The van der Waals surface area contributed by atoms with Crippen LogP contribution in [0.15, 0.2) is 48.5 Å². The number of methoxy groups -OCH3 is 1. The Bertz CT molecular complexity index is 651. The van der Waals surface area contributed by atoms with Gasteiger partial charge in [0.1, 0.15) is 12.4 Å². The van der Waals surface area contributed by atoms with E-state index in [9.17, 15) is 9.18 Å². The first-order valence-electron chi connectivity index (χ1n) is 6.24. The summed E-state index contributed by atoms with van der Waals surface area (Å²) in [6, 6.07) is 13.8. The van der Waals surface area contributed by atoms with Crippen molar-refractivity contribution in [2.75, 3.05) is 13.8 Å². The number of alkyl halides is 1. The normalized spacial score (nSPS) is 20.4.